The summed E-state index contributed by atoms with van der Waals surface area (Å²) in [4.78, 5) is 32.2. The van der Waals surface area contributed by atoms with E-state index in [1.54, 1.807) is 12.3 Å². The normalized spacial score (nSPS) is 16.8. The first-order valence-electron chi connectivity index (χ1n) is 8.36. The molecule has 0 bridgehead atoms. The van der Waals surface area contributed by atoms with Crippen molar-refractivity contribution in [2.45, 2.75) is 26.8 Å². The third kappa shape index (κ3) is 5.56. The second kappa shape index (κ2) is 8.83. The van der Waals surface area contributed by atoms with Gasteiger partial charge in [0.15, 0.2) is 5.78 Å². The van der Waals surface area contributed by atoms with E-state index in [9.17, 15) is 9.59 Å². The Labute approximate surface area is 158 Å². The van der Waals surface area contributed by atoms with E-state index >= 15 is 0 Å². The molecule has 1 aromatic heterocycles. The lowest BCUT2D eigenvalue weighted by Gasteiger charge is -2.35. The van der Waals surface area contributed by atoms with Crippen LogP contribution >= 0.6 is 23.2 Å². The van der Waals surface area contributed by atoms with Gasteiger partial charge in [0.1, 0.15) is 5.82 Å². The van der Waals surface area contributed by atoms with Crippen LogP contribution in [0.5, 0.6) is 0 Å². The zero-order chi connectivity index (χ0) is 18.6. The van der Waals surface area contributed by atoms with E-state index in [1.165, 1.54) is 6.92 Å². The number of aromatic nitrogens is 1. The van der Waals surface area contributed by atoms with Crippen LogP contribution in [0.3, 0.4) is 0 Å². The van der Waals surface area contributed by atoms with Crippen LogP contribution in [0, 0.1) is 5.92 Å². The maximum absolute atomic E-state index is 12.2. The zero-order valence-electron chi connectivity index (χ0n) is 14.8. The van der Waals surface area contributed by atoms with Crippen molar-refractivity contribution in [3.05, 3.63) is 22.3 Å². The number of hydrogen-bond acceptors (Lipinski definition) is 5. The van der Waals surface area contributed by atoms with E-state index < -0.39 is 6.04 Å². The van der Waals surface area contributed by atoms with Gasteiger partial charge in [-0.05, 0) is 18.9 Å². The fourth-order valence-electron chi connectivity index (χ4n) is 2.92. The SMILES string of the molecule is CC(=O)C(NC(=O)CN1CCN(c2ncc(Cl)cc2Cl)CC1)C(C)C. The van der Waals surface area contributed by atoms with Crippen LogP contribution in [0.4, 0.5) is 5.82 Å². The number of carbonyl (C=O) groups excluding carboxylic acids is 2. The summed E-state index contributed by atoms with van der Waals surface area (Å²) < 4.78 is 0. The number of Topliss-reactive ketones (excluding diaryl/α,β-unsaturated/α-hetero) is 1. The maximum atomic E-state index is 12.2. The number of halogens is 2. The number of amides is 1. The van der Waals surface area contributed by atoms with Crippen molar-refractivity contribution in [3.8, 4) is 0 Å². The van der Waals surface area contributed by atoms with Gasteiger partial charge >= 0.3 is 0 Å². The summed E-state index contributed by atoms with van der Waals surface area (Å²) in [5, 5.41) is 3.87. The summed E-state index contributed by atoms with van der Waals surface area (Å²) in [6.07, 6.45) is 1.58. The number of piperazine rings is 1. The molecule has 1 fully saturated rings. The van der Waals surface area contributed by atoms with E-state index in [0.717, 1.165) is 26.2 Å². The van der Waals surface area contributed by atoms with E-state index in [-0.39, 0.29) is 24.2 Å². The molecule has 0 saturated carbocycles. The Hall–Kier alpha value is -1.37. The molecule has 1 aromatic rings. The van der Waals surface area contributed by atoms with E-state index in [2.05, 4.69) is 20.1 Å². The molecule has 8 heteroatoms. The largest absolute Gasteiger partial charge is 0.353 e. The predicted octanol–water partition coefficient (Wildman–Crippen LogP) is 2.24. The molecule has 2 rings (SSSR count). The van der Waals surface area contributed by atoms with Crippen molar-refractivity contribution in [3.63, 3.8) is 0 Å². The Balaban J connectivity index is 1.85. The van der Waals surface area contributed by atoms with Crippen LogP contribution in [0.1, 0.15) is 20.8 Å². The second-order valence-corrected chi connectivity index (χ2v) is 7.47. The number of hydrogen-bond donors (Lipinski definition) is 1. The van der Waals surface area contributed by atoms with Crippen molar-refractivity contribution in [1.82, 2.24) is 15.2 Å². The number of carbonyl (C=O) groups is 2. The van der Waals surface area contributed by atoms with E-state index in [0.29, 0.717) is 15.9 Å². The summed E-state index contributed by atoms with van der Waals surface area (Å²) in [6.45, 7) is 8.53. The molecule has 25 heavy (non-hydrogen) atoms. The molecule has 1 amide bonds. The fraction of sp³-hybridized carbons (Fsp3) is 0.588. The summed E-state index contributed by atoms with van der Waals surface area (Å²) in [5.41, 5.74) is 0. The van der Waals surface area contributed by atoms with Crippen LogP contribution in [-0.4, -0.2) is 60.3 Å². The molecule has 0 spiro atoms. The number of nitrogens with one attached hydrogen (secondary N) is 1. The molecular formula is C17H24Cl2N4O2. The quantitative estimate of drug-likeness (QED) is 0.811. The first-order valence-corrected chi connectivity index (χ1v) is 9.11. The summed E-state index contributed by atoms with van der Waals surface area (Å²) >= 11 is 12.1. The molecule has 1 aliphatic heterocycles. The lowest BCUT2D eigenvalue weighted by atomic mass is 10.0. The molecule has 0 radical (unpaired) electrons. The Morgan fingerprint density at radius 2 is 1.88 bits per heavy atom. The van der Waals surface area contributed by atoms with Gasteiger partial charge in [-0.1, -0.05) is 37.0 Å². The lowest BCUT2D eigenvalue weighted by Crippen LogP contribution is -2.52. The Kier molecular flexibility index (Phi) is 7.04. The average Bonchev–Trinajstić information content (AvgIpc) is 2.53. The van der Waals surface area contributed by atoms with Crippen LogP contribution in [0.25, 0.3) is 0 Å². The molecule has 6 nitrogen and oxygen atoms in total. The van der Waals surface area contributed by atoms with Gasteiger partial charge in [0.25, 0.3) is 0 Å². The minimum Gasteiger partial charge on any atom is -0.353 e. The predicted molar refractivity (Wildman–Crippen MR) is 100 cm³/mol. The highest BCUT2D eigenvalue weighted by Crippen LogP contribution is 2.26. The van der Waals surface area contributed by atoms with Crippen LogP contribution in [0.2, 0.25) is 10.0 Å². The highest BCUT2D eigenvalue weighted by molar-refractivity contribution is 6.36. The van der Waals surface area contributed by atoms with Crippen molar-refractivity contribution >= 4 is 40.7 Å². The molecule has 138 valence electrons. The molecule has 1 atom stereocenters. The van der Waals surface area contributed by atoms with Gasteiger partial charge in [0.05, 0.1) is 22.6 Å². The first kappa shape index (κ1) is 19.9. The summed E-state index contributed by atoms with van der Waals surface area (Å²) in [5.74, 6) is 0.657. The van der Waals surface area contributed by atoms with Gasteiger partial charge in [-0.15, -0.1) is 0 Å². The summed E-state index contributed by atoms with van der Waals surface area (Å²) in [6, 6.07) is 1.25. The van der Waals surface area contributed by atoms with Crippen molar-refractivity contribution in [2.75, 3.05) is 37.6 Å². The monoisotopic (exact) mass is 386 g/mol. The van der Waals surface area contributed by atoms with Crippen LogP contribution in [0.15, 0.2) is 12.3 Å². The minimum absolute atomic E-state index is 0.0170. The third-order valence-electron chi connectivity index (χ3n) is 4.25. The number of nitrogens with zero attached hydrogens (tertiary/aromatic N) is 3. The smallest absolute Gasteiger partial charge is 0.234 e. The standard InChI is InChI=1S/C17H24Cl2N4O2/c1-11(2)16(12(3)24)21-15(25)10-22-4-6-23(7-5-22)17-14(19)8-13(18)9-20-17/h8-9,11,16H,4-7,10H2,1-3H3,(H,21,25). The summed E-state index contributed by atoms with van der Waals surface area (Å²) in [7, 11) is 0. The molecule has 2 heterocycles. The fourth-order valence-corrected chi connectivity index (χ4v) is 3.42. The lowest BCUT2D eigenvalue weighted by molar-refractivity contribution is -0.128. The number of pyridine rings is 1. The molecular weight excluding hydrogens is 363 g/mol. The van der Waals surface area contributed by atoms with Crippen molar-refractivity contribution < 1.29 is 9.59 Å². The number of rotatable bonds is 6. The van der Waals surface area contributed by atoms with E-state index in [4.69, 9.17) is 23.2 Å². The first-order chi connectivity index (χ1) is 11.8. The zero-order valence-corrected chi connectivity index (χ0v) is 16.3. The molecule has 1 unspecified atom stereocenters. The molecule has 1 aliphatic rings. The molecule has 0 aromatic carbocycles. The van der Waals surface area contributed by atoms with Crippen LogP contribution < -0.4 is 10.2 Å². The van der Waals surface area contributed by atoms with Gasteiger partial charge in [0, 0.05) is 32.4 Å². The van der Waals surface area contributed by atoms with E-state index in [1.807, 2.05) is 13.8 Å². The maximum Gasteiger partial charge on any atom is 0.234 e. The molecule has 1 N–H and O–H groups in total. The van der Waals surface area contributed by atoms with Crippen molar-refractivity contribution in [1.29, 1.82) is 0 Å². The van der Waals surface area contributed by atoms with Crippen LogP contribution in [-0.2, 0) is 9.59 Å². The molecule has 1 saturated heterocycles. The second-order valence-electron chi connectivity index (χ2n) is 6.62. The number of ketones is 1. The number of anilines is 1. The Morgan fingerprint density at radius 3 is 2.40 bits per heavy atom. The Morgan fingerprint density at radius 1 is 1.24 bits per heavy atom. The topological polar surface area (TPSA) is 65.5 Å². The van der Waals surface area contributed by atoms with Gasteiger partial charge in [-0.3, -0.25) is 14.5 Å². The van der Waals surface area contributed by atoms with Gasteiger partial charge in [-0.25, -0.2) is 4.98 Å². The minimum atomic E-state index is -0.425. The van der Waals surface area contributed by atoms with Crippen molar-refractivity contribution in [2.24, 2.45) is 5.92 Å². The van der Waals surface area contributed by atoms with Gasteiger partial charge < -0.3 is 10.2 Å². The Bertz CT molecular complexity index is 631. The van der Waals surface area contributed by atoms with Gasteiger partial charge in [-0.2, -0.15) is 0 Å². The molecule has 0 aliphatic carbocycles. The van der Waals surface area contributed by atoms with Gasteiger partial charge in [0.2, 0.25) is 5.91 Å². The third-order valence-corrected chi connectivity index (χ3v) is 4.73. The average molecular weight is 387 g/mol. The highest BCUT2D eigenvalue weighted by Gasteiger charge is 2.24. The highest BCUT2D eigenvalue weighted by atomic mass is 35.5.